The fourth-order valence-electron chi connectivity index (χ4n) is 5.15. The molecule has 3 aliphatic heterocycles. The highest BCUT2D eigenvalue weighted by atomic mass is 19.4. The molecule has 34 heavy (non-hydrogen) atoms. The van der Waals surface area contributed by atoms with Crippen molar-refractivity contribution < 1.29 is 22.4 Å². The number of nitrogens with zero attached hydrogens (tertiary/aromatic N) is 3. The average Bonchev–Trinajstić information content (AvgIpc) is 3.37. The van der Waals surface area contributed by atoms with Crippen molar-refractivity contribution in [1.29, 1.82) is 0 Å². The molecule has 0 saturated carbocycles. The summed E-state index contributed by atoms with van der Waals surface area (Å²) in [5.41, 5.74) is 1.52. The first-order valence-electron chi connectivity index (χ1n) is 11.4. The molecular weight excluding hydrogens is 445 g/mol. The summed E-state index contributed by atoms with van der Waals surface area (Å²) in [6.45, 7) is 4.17. The number of rotatable bonds is 5. The molecule has 6 nitrogen and oxygen atoms in total. The molecule has 4 unspecified atom stereocenters. The normalized spacial score (nSPS) is 24.2. The predicted octanol–water partition coefficient (Wildman–Crippen LogP) is 4.67. The fraction of sp³-hybridized carbons (Fsp3) is 0.400. The van der Waals surface area contributed by atoms with Crippen molar-refractivity contribution in [2.45, 2.75) is 37.9 Å². The highest BCUT2D eigenvalue weighted by Gasteiger charge is 2.41. The number of benzene rings is 1. The molecule has 3 saturated heterocycles. The zero-order valence-electron chi connectivity index (χ0n) is 18.7. The van der Waals surface area contributed by atoms with Gasteiger partial charge in [-0.05, 0) is 62.6 Å². The van der Waals surface area contributed by atoms with E-state index in [0.717, 1.165) is 43.8 Å². The van der Waals surface area contributed by atoms with Crippen molar-refractivity contribution in [1.82, 2.24) is 20.2 Å². The molecule has 4 atom stereocenters. The largest absolute Gasteiger partial charge is 0.459 e. The summed E-state index contributed by atoms with van der Waals surface area (Å²) < 4.78 is 43.9. The van der Waals surface area contributed by atoms with Crippen LogP contribution in [0.1, 0.15) is 46.4 Å². The summed E-state index contributed by atoms with van der Waals surface area (Å²) in [6, 6.07) is 10.6. The van der Waals surface area contributed by atoms with Gasteiger partial charge in [-0.3, -0.25) is 9.69 Å². The molecule has 0 aliphatic carbocycles. The third kappa shape index (κ3) is 4.57. The second-order valence-corrected chi connectivity index (χ2v) is 9.03. The summed E-state index contributed by atoms with van der Waals surface area (Å²) in [7, 11) is 0. The maximum Gasteiger partial charge on any atom is 0.416 e. The van der Waals surface area contributed by atoms with Crippen LogP contribution in [0.5, 0.6) is 0 Å². The SMILES string of the molecule is Cc1nc(-c2ccc(C(F)(F)F)cc2)cc(C2CN3CCC2CC3CNC(=O)c2ccco2)n1. The molecule has 3 aliphatic rings. The molecule has 6 rings (SSSR count). The van der Waals surface area contributed by atoms with E-state index >= 15 is 0 Å². The van der Waals surface area contributed by atoms with Crippen molar-refractivity contribution in [2.24, 2.45) is 5.92 Å². The number of carbonyl (C=O) groups is 1. The summed E-state index contributed by atoms with van der Waals surface area (Å²) in [5, 5.41) is 2.97. The van der Waals surface area contributed by atoms with Crippen LogP contribution >= 0.6 is 0 Å². The van der Waals surface area contributed by atoms with Crippen LogP contribution in [-0.4, -0.2) is 46.5 Å². The molecule has 5 heterocycles. The van der Waals surface area contributed by atoms with E-state index in [1.807, 2.05) is 13.0 Å². The minimum atomic E-state index is -4.37. The number of hydrogen-bond acceptors (Lipinski definition) is 5. The van der Waals surface area contributed by atoms with E-state index in [1.165, 1.54) is 18.4 Å². The van der Waals surface area contributed by atoms with Crippen LogP contribution < -0.4 is 5.32 Å². The number of nitrogens with one attached hydrogen (secondary N) is 1. The third-order valence-electron chi connectivity index (χ3n) is 6.87. The first-order chi connectivity index (χ1) is 16.3. The third-order valence-corrected chi connectivity index (χ3v) is 6.87. The zero-order chi connectivity index (χ0) is 23.9. The summed E-state index contributed by atoms with van der Waals surface area (Å²) >= 11 is 0. The van der Waals surface area contributed by atoms with Gasteiger partial charge in [-0.15, -0.1) is 0 Å². The Hall–Kier alpha value is -3.20. The maximum atomic E-state index is 12.9. The van der Waals surface area contributed by atoms with E-state index in [1.54, 1.807) is 12.1 Å². The van der Waals surface area contributed by atoms with Crippen molar-refractivity contribution in [2.75, 3.05) is 19.6 Å². The molecule has 0 spiro atoms. The lowest BCUT2D eigenvalue weighted by molar-refractivity contribution is -0.137. The number of piperidine rings is 3. The Morgan fingerprint density at radius 2 is 2.00 bits per heavy atom. The fourth-order valence-corrected chi connectivity index (χ4v) is 5.15. The lowest BCUT2D eigenvalue weighted by atomic mass is 9.74. The van der Waals surface area contributed by atoms with Gasteiger partial charge in [0.25, 0.3) is 5.91 Å². The lowest BCUT2D eigenvalue weighted by Gasteiger charge is -2.49. The Morgan fingerprint density at radius 1 is 1.21 bits per heavy atom. The molecule has 2 bridgehead atoms. The minimum absolute atomic E-state index is 0.211. The summed E-state index contributed by atoms with van der Waals surface area (Å²) in [4.78, 5) is 23.8. The smallest absolute Gasteiger partial charge is 0.416 e. The van der Waals surface area contributed by atoms with Crippen LogP contribution in [0.4, 0.5) is 13.2 Å². The molecule has 1 amide bonds. The van der Waals surface area contributed by atoms with Gasteiger partial charge >= 0.3 is 6.18 Å². The Kier molecular flexibility index (Phi) is 5.89. The first-order valence-corrected chi connectivity index (χ1v) is 11.4. The van der Waals surface area contributed by atoms with Crippen LogP contribution in [0.25, 0.3) is 11.3 Å². The van der Waals surface area contributed by atoms with Crippen molar-refractivity contribution in [3.63, 3.8) is 0 Å². The van der Waals surface area contributed by atoms with E-state index in [0.29, 0.717) is 35.3 Å². The Bertz CT molecular complexity index is 1160. The number of fused-ring (bicyclic) bond motifs is 3. The van der Waals surface area contributed by atoms with Gasteiger partial charge in [0.05, 0.1) is 17.5 Å². The van der Waals surface area contributed by atoms with Crippen molar-refractivity contribution >= 4 is 5.91 Å². The predicted molar refractivity (Wildman–Crippen MR) is 119 cm³/mol. The molecule has 3 fully saturated rings. The monoisotopic (exact) mass is 470 g/mol. The number of halogens is 3. The van der Waals surface area contributed by atoms with Gasteiger partial charge in [0.1, 0.15) is 5.82 Å². The van der Waals surface area contributed by atoms with Crippen LogP contribution in [0.15, 0.2) is 53.1 Å². The maximum absolute atomic E-state index is 12.9. The topological polar surface area (TPSA) is 71.3 Å². The van der Waals surface area contributed by atoms with Gasteiger partial charge in [-0.25, -0.2) is 9.97 Å². The van der Waals surface area contributed by atoms with Crippen molar-refractivity contribution in [3.05, 3.63) is 71.6 Å². The van der Waals surface area contributed by atoms with E-state index < -0.39 is 11.7 Å². The Labute approximate surface area is 195 Å². The number of furan rings is 1. The molecule has 1 aromatic carbocycles. The second kappa shape index (κ2) is 8.87. The molecule has 3 aromatic rings. The number of hydrogen-bond donors (Lipinski definition) is 1. The average molecular weight is 470 g/mol. The van der Waals surface area contributed by atoms with Crippen LogP contribution in [0.2, 0.25) is 0 Å². The van der Waals surface area contributed by atoms with Gasteiger partial charge in [-0.2, -0.15) is 13.2 Å². The van der Waals surface area contributed by atoms with E-state index in [9.17, 15) is 18.0 Å². The standard InChI is InChI=1S/C25H25F3N4O2/c1-15-30-21(16-4-6-18(7-5-16)25(26,27)28)12-22(31-15)20-14-32-9-8-17(20)11-19(32)13-29-24(33)23-3-2-10-34-23/h2-7,10,12,17,19-20H,8-9,11,13-14H2,1H3,(H,29,33). The van der Waals surface area contributed by atoms with E-state index in [2.05, 4.69) is 15.2 Å². The molecule has 178 valence electrons. The second-order valence-electron chi connectivity index (χ2n) is 9.03. The molecule has 1 N–H and O–H groups in total. The Balaban J connectivity index is 1.30. The molecular formula is C25H25F3N4O2. The number of aromatic nitrogens is 2. The number of aryl methyl sites for hydroxylation is 1. The van der Waals surface area contributed by atoms with Gasteiger partial charge < -0.3 is 9.73 Å². The van der Waals surface area contributed by atoms with Gasteiger partial charge in [0, 0.05) is 36.3 Å². The van der Waals surface area contributed by atoms with Gasteiger partial charge in [0.2, 0.25) is 0 Å². The van der Waals surface area contributed by atoms with Gasteiger partial charge in [-0.1, -0.05) is 12.1 Å². The lowest BCUT2D eigenvalue weighted by Crippen LogP contribution is -2.56. The van der Waals surface area contributed by atoms with E-state index in [4.69, 9.17) is 9.40 Å². The number of alkyl halides is 3. The molecule has 2 aromatic heterocycles. The Morgan fingerprint density at radius 3 is 2.65 bits per heavy atom. The highest BCUT2D eigenvalue weighted by molar-refractivity contribution is 5.91. The number of carbonyl (C=O) groups excluding carboxylic acids is 1. The summed E-state index contributed by atoms with van der Waals surface area (Å²) in [6.07, 6.45) is -0.892. The highest BCUT2D eigenvalue weighted by Crippen LogP contribution is 2.42. The molecule has 0 radical (unpaired) electrons. The quantitative estimate of drug-likeness (QED) is 0.587. The zero-order valence-corrected chi connectivity index (χ0v) is 18.7. The van der Waals surface area contributed by atoms with Gasteiger partial charge in [0.15, 0.2) is 5.76 Å². The summed E-state index contributed by atoms with van der Waals surface area (Å²) in [5.74, 6) is 1.34. The van der Waals surface area contributed by atoms with Crippen LogP contribution in [-0.2, 0) is 6.18 Å². The molecule has 9 heteroatoms. The number of amides is 1. The first kappa shape index (κ1) is 22.6. The minimum Gasteiger partial charge on any atom is -0.459 e. The van der Waals surface area contributed by atoms with E-state index in [-0.39, 0.29) is 17.9 Å². The van der Waals surface area contributed by atoms with Crippen LogP contribution in [0.3, 0.4) is 0 Å². The van der Waals surface area contributed by atoms with Crippen molar-refractivity contribution in [3.8, 4) is 11.3 Å². The van der Waals surface area contributed by atoms with Crippen LogP contribution in [0, 0.1) is 12.8 Å².